The summed E-state index contributed by atoms with van der Waals surface area (Å²) in [5.41, 5.74) is 1.32. The molecule has 0 unspecified atom stereocenters. The lowest BCUT2D eigenvalue weighted by atomic mass is 10.2. The number of hydrogen-bond acceptors (Lipinski definition) is 1. The Kier molecular flexibility index (Phi) is 8.45. The molecule has 1 rings (SSSR count). The van der Waals surface area contributed by atoms with E-state index in [-0.39, 0.29) is 0 Å². The molecule has 13 heavy (non-hydrogen) atoms. The molecule has 0 saturated heterocycles. The fraction of sp³-hybridized carbons (Fsp3) is 0.455. The molecular formula is C11H18IN. The molecule has 0 aromatic heterocycles. The number of benzene rings is 1. The van der Waals surface area contributed by atoms with E-state index in [0.29, 0.717) is 0 Å². The van der Waals surface area contributed by atoms with Gasteiger partial charge < -0.3 is 5.32 Å². The maximum absolute atomic E-state index is 3.11. The second kappa shape index (κ2) is 8.51. The van der Waals surface area contributed by atoms with Crippen LogP contribution in [0.5, 0.6) is 0 Å². The summed E-state index contributed by atoms with van der Waals surface area (Å²) < 4.78 is 1.30. The Morgan fingerprint density at radius 3 is 1.77 bits per heavy atom. The highest BCUT2D eigenvalue weighted by Gasteiger charge is 1.81. The molecule has 1 N–H and O–H groups in total. The Morgan fingerprint density at radius 2 is 1.54 bits per heavy atom. The molecule has 0 bridgehead atoms. The summed E-state index contributed by atoms with van der Waals surface area (Å²) in [6, 6.07) is 8.44. The van der Waals surface area contributed by atoms with Crippen molar-refractivity contribution in [3.63, 3.8) is 0 Å². The van der Waals surface area contributed by atoms with Gasteiger partial charge in [-0.15, -0.1) is 0 Å². The van der Waals surface area contributed by atoms with Crippen LogP contribution in [0.2, 0.25) is 0 Å². The van der Waals surface area contributed by atoms with Crippen molar-refractivity contribution in [3.05, 3.63) is 33.4 Å². The largest absolute Gasteiger partial charge is 0.317 e. The number of halogens is 1. The molecular weight excluding hydrogens is 273 g/mol. The Hall–Kier alpha value is -0.0900. The van der Waals surface area contributed by atoms with Crippen LogP contribution >= 0.6 is 22.6 Å². The molecule has 2 heteroatoms. The van der Waals surface area contributed by atoms with E-state index in [1.165, 1.54) is 9.13 Å². The predicted octanol–water partition coefficient (Wildman–Crippen LogP) is 3.22. The second-order valence-corrected chi connectivity index (χ2v) is 4.00. The first-order valence-electron chi connectivity index (χ1n) is 4.63. The standard InChI is InChI=1S/C7H7I.C4H11N/c1-6-2-4-7(8)5-3-6;1-3-5-4-2/h2-5H,1H3;5H,3-4H2,1-2H3. The van der Waals surface area contributed by atoms with Gasteiger partial charge in [-0.1, -0.05) is 31.5 Å². The minimum Gasteiger partial charge on any atom is -0.317 e. The number of aryl methyl sites for hydroxylation is 1. The average molecular weight is 291 g/mol. The van der Waals surface area contributed by atoms with Crippen LogP contribution in [0.1, 0.15) is 19.4 Å². The molecule has 74 valence electrons. The summed E-state index contributed by atoms with van der Waals surface area (Å²) in [5.74, 6) is 0. The Morgan fingerprint density at radius 1 is 1.08 bits per heavy atom. The first-order chi connectivity index (χ1) is 6.20. The zero-order valence-corrected chi connectivity index (χ0v) is 10.8. The maximum atomic E-state index is 3.11. The number of nitrogens with one attached hydrogen (secondary N) is 1. The van der Waals surface area contributed by atoms with Crippen molar-refractivity contribution in [1.82, 2.24) is 5.32 Å². The van der Waals surface area contributed by atoms with Crippen LogP contribution in [0, 0.1) is 10.5 Å². The molecule has 0 aliphatic rings. The van der Waals surface area contributed by atoms with E-state index in [1.54, 1.807) is 0 Å². The van der Waals surface area contributed by atoms with Crippen LogP contribution in [0.4, 0.5) is 0 Å². The van der Waals surface area contributed by atoms with Crippen molar-refractivity contribution in [2.45, 2.75) is 20.8 Å². The van der Waals surface area contributed by atoms with E-state index in [1.807, 2.05) is 0 Å². The van der Waals surface area contributed by atoms with E-state index >= 15 is 0 Å². The third-order valence-corrected chi connectivity index (χ3v) is 2.23. The Labute approximate surface area is 95.1 Å². The molecule has 1 aromatic carbocycles. The smallest absolute Gasteiger partial charge is 0.0130 e. The van der Waals surface area contributed by atoms with Gasteiger partial charge in [-0.25, -0.2) is 0 Å². The van der Waals surface area contributed by atoms with Gasteiger partial charge in [0.15, 0.2) is 0 Å². The van der Waals surface area contributed by atoms with Gasteiger partial charge in [-0.3, -0.25) is 0 Å². The summed E-state index contributed by atoms with van der Waals surface area (Å²) in [6.07, 6.45) is 0. The molecule has 0 aliphatic carbocycles. The molecule has 1 nitrogen and oxygen atoms in total. The lowest BCUT2D eigenvalue weighted by Crippen LogP contribution is -2.09. The van der Waals surface area contributed by atoms with Gasteiger partial charge in [0.05, 0.1) is 0 Å². The van der Waals surface area contributed by atoms with E-state index in [2.05, 4.69) is 72.9 Å². The molecule has 1 aromatic rings. The molecule has 0 aliphatic heterocycles. The van der Waals surface area contributed by atoms with Crippen LogP contribution in [0.3, 0.4) is 0 Å². The van der Waals surface area contributed by atoms with Crippen LogP contribution in [-0.4, -0.2) is 13.1 Å². The lowest BCUT2D eigenvalue weighted by molar-refractivity contribution is 0.762. The van der Waals surface area contributed by atoms with Gasteiger partial charge in [0.25, 0.3) is 0 Å². The first kappa shape index (κ1) is 12.9. The fourth-order valence-electron chi connectivity index (χ4n) is 0.783. The topological polar surface area (TPSA) is 12.0 Å². The first-order valence-corrected chi connectivity index (χ1v) is 5.71. The third-order valence-electron chi connectivity index (χ3n) is 1.51. The molecule has 0 radical (unpaired) electrons. The van der Waals surface area contributed by atoms with Crippen LogP contribution < -0.4 is 5.32 Å². The van der Waals surface area contributed by atoms with E-state index in [0.717, 1.165) is 13.1 Å². The van der Waals surface area contributed by atoms with Gasteiger partial charge in [0.1, 0.15) is 0 Å². The van der Waals surface area contributed by atoms with Crippen LogP contribution in [0.15, 0.2) is 24.3 Å². The summed E-state index contributed by atoms with van der Waals surface area (Å²) in [7, 11) is 0. The highest BCUT2D eigenvalue weighted by Crippen LogP contribution is 2.04. The molecule has 0 heterocycles. The zero-order chi connectivity index (χ0) is 10.1. The van der Waals surface area contributed by atoms with E-state index in [9.17, 15) is 0 Å². The number of hydrogen-bond donors (Lipinski definition) is 1. The second-order valence-electron chi connectivity index (χ2n) is 2.75. The van der Waals surface area contributed by atoms with Gasteiger partial charge in [0.2, 0.25) is 0 Å². The van der Waals surface area contributed by atoms with Gasteiger partial charge in [-0.2, -0.15) is 0 Å². The van der Waals surface area contributed by atoms with Gasteiger partial charge >= 0.3 is 0 Å². The minimum atomic E-state index is 1.09. The average Bonchev–Trinajstić information content (AvgIpc) is 2.13. The molecule has 0 atom stereocenters. The Balaban J connectivity index is 0.000000252. The summed E-state index contributed by atoms with van der Waals surface area (Å²) in [5, 5.41) is 3.11. The quantitative estimate of drug-likeness (QED) is 0.825. The molecule has 0 spiro atoms. The monoisotopic (exact) mass is 291 g/mol. The van der Waals surface area contributed by atoms with Crippen LogP contribution in [0.25, 0.3) is 0 Å². The van der Waals surface area contributed by atoms with Gasteiger partial charge in [-0.05, 0) is 54.7 Å². The summed E-state index contributed by atoms with van der Waals surface area (Å²) >= 11 is 2.30. The Bertz CT molecular complexity index is 183. The van der Waals surface area contributed by atoms with E-state index < -0.39 is 0 Å². The van der Waals surface area contributed by atoms with Crippen molar-refractivity contribution in [3.8, 4) is 0 Å². The highest BCUT2D eigenvalue weighted by molar-refractivity contribution is 14.1. The van der Waals surface area contributed by atoms with Crippen molar-refractivity contribution < 1.29 is 0 Å². The lowest BCUT2D eigenvalue weighted by Gasteiger charge is -1.88. The fourth-order valence-corrected chi connectivity index (χ4v) is 1.14. The van der Waals surface area contributed by atoms with Crippen molar-refractivity contribution in [2.75, 3.05) is 13.1 Å². The SMILES string of the molecule is CCNCC.Cc1ccc(I)cc1. The van der Waals surface area contributed by atoms with Crippen molar-refractivity contribution in [1.29, 1.82) is 0 Å². The maximum Gasteiger partial charge on any atom is 0.0130 e. The zero-order valence-electron chi connectivity index (χ0n) is 8.60. The van der Waals surface area contributed by atoms with Gasteiger partial charge in [0, 0.05) is 3.57 Å². The van der Waals surface area contributed by atoms with Crippen molar-refractivity contribution in [2.24, 2.45) is 0 Å². The molecule has 0 saturated carbocycles. The predicted molar refractivity (Wildman–Crippen MR) is 68.1 cm³/mol. The summed E-state index contributed by atoms with van der Waals surface area (Å²) in [6.45, 7) is 8.48. The molecule has 0 fully saturated rings. The highest BCUT2D eigenvalue weighted by atomic mass is 127. The van der Waals surface area contributed by atoms with Crippen LogP contribution in [-0.2, 0) is 0 Å². The number of rotatable bonds is 2. The third kappa shape index (κ3) is 8.25. The van der Waals surface area contributed by atoms with E-state index in [4.69, 9.17) is 0 Å². The molecule has 0 amide bonds. The normalized spacial score (nSPS) is 8.92. The van der Waals surface area contributed by atoms with Crippen molar-refractivity contribution >= 4 is 22.6 Å². The minimum absolute atomic E-state index is 1.09. The summed E-state index contributed by atoms with van der Waals surface area (Å²) in [4.78, 5) is 0.